The Kier molecular flexibility index (Phi) is 5.24. The van der Waals surface area contributed by atoms with Gasteiger partial charge in [-0.3, -0.25) is 19.3 Å². The zero-order valence-corrected chi connectivity index (χ0v) is 16.2. The summed E-state index contributed by atoms with van der Waals surface area (Å²) in [5.74, 6) is -0.0850. The molecule has 7 nitrogen and oxygen atoms in total. The molecule has 3 amide bonds. The normalized spacial score (nSPS) is 28.6. The lowest BCUT2D eigenvalue weighted by Gasteiger charge is -2.37. The molecule has 2 saturated heterocycles. The highest BCUT2D eigenvalue weighted by Crippen LogP contribution is 2.40. The van der Waals surface area contributed by atoms with Crippen molar-refractivity contribution in [2.45, 2.75) is 44.3 Å². The number of benzene rings is 1. The topological polar surface area (TPSA) is 76.2 Å². The first kappa shape index (κ1) is 19.4. The molecular formula is C20H26N2O5. The molecule has 2 fully saturated rings. The summed E-state index contributed by atoms with van der Waals surface area (Å²) in [6, 6.07) is 7.02. The molecule has 2 aliphatic heterocycles. The Morgan fingerprint density at radius 2 is 1.78 bits per heavy atom. The molecule has 0 bridgehead atoms. The molecule has 1 aromatic rings. The third-order valence-corrected chi connectivity index (χ3v) is 5.41. The molecule has 0 spiro atoms. The van der Waals surface area contributed by atoms with E-state index in [1.54, 1.807) is 36.3 Å². The maximum Gasteiger partial charge on any atom is 0.240 e. The Hall–Kier alpha value is -2.41. The number of likely N-dealkylation sites (N-methyl/N-ethyl adjacent to an activating group) is 1. The van der Waals surface area contributed by atoms with Gasteiger partial charge in [0.15, 0.2) is 0 Å². The van der Waals surface area contributed by atoms with Gasteiger partial charge in [-0.2, -0.15) is 0 Å². The Morgan fingerprint density at radius 1 is 1.19 bits per heavy atom. The summed E-state index contributed by atoms with van der Waals surface area (Å²) < 4.78 is 10.9. The van der Waals surface area contributed by atoms with Crippen molar-refractivity contribution >= 4 is 17.7 Å². The Morgan fingerprint density at radius 3 is 2.26 bits per heavy atom. The van der Waals surface area contributed by atoms with Gasteiger partial charge in [-0.05, 0) is 31.5 Å². The number of hydrogen-bond acceptors (Lipinski definition) is 5. The lowest BCUT2D eigenvalue weighted by Crippen LogP contribution is -2.50. The largest absolute Gasteiger partial charge is 0.497 e. The standard InChI is InChI=1S/C20H26N2O5/c1-13-11-22(12-14(2)27-13)18(24)10-20(9-17(23)21(3)19(20)25)15-5-7-16(26-4)8-6-15/h5-8,13-14H,9-12H2,1-4H3/t13-,14+,20-/m1/s1. The monoisotopic (exact) mass is 374 g/mol. The van der Waals surface area contributed by atoms with Crippen LogP contribution in [0, 0.1) is 0 Å². The number of likely N-dealkylation sites (tertiary alicyclic amines) is 1. The third kappa shape index (κ3) is 3.56. The van der Waals surface area contributed by atoms with Crippen molar-refractivity contribution in [1.29, 1.82) is 0 Å². The number of amides is 3. The van der Waals surface area contributed by atoms with Gasteiger partial charge in [0.2, 0.25) is 17.7 Å². The molecule has 27 heavy (non-hydrogen) atoms. The summed E-state index contributed by atoms with van der Waals surface area (Å²) >= 11 is 0. The number of rotatable bonds is 4. The number of methoxy groups -OCH3 is 1. The molecule has 2 heterocycles. The smallest absolute Gasteiger partial charge is 0.240 e. The SMILES string of the molecule is COc1ccc([C@]2(CC(=O)N3C[C@@H](C)O[C@@H](C)C3)CC(=O)N(C)C2=O)cc1. The second kappa shape index (κ2) is 7.31. The highest BCUT2D eigenvalue weighted by Gasteiger charge is 2.53. The maximum absolute atomic E-state index is 13.1. The van der Waals surface area contributed by atoms with Crippen LogP contribution in [0.2, 0.25) is 0 Å². The summed E-state index contributed by atoms with van der Waals surface area (Å²) in [7, 11) is 3.03. The zero-order valence-electron chi connectivity index (χ0n) is 16.2. The van der Waals surface area contributed by atoms with Gasteiger partial charge in [0.1, 0.15) is 5.75 Å². The number of nitrogens with zero attached hydrogens (tertiary/aromatic N) is 2. The predicted octanol–water partition coefficient (Wildman–Crippen LogP) is 1.35. The fourth-order valence-electron chi connectivity index (χ4n) is 4.01. The number of ether oxygens (including phenoxy) is 2. The van der Waals surface area contributed by atoms with Crippen LogP contribution in [0.4, 0.5) is 0 Å². The van der Waals surface area contributed by atoms with Crippen LogP contribution in [0.15, 0.2) is 24.3 Å². The van der Waals surface area contributed by atoms with Crippen molar-refractivity contribution in [2.24, 2.45) is 0 Å². The fourth-order valence-corrected chi connectivity index (χ4v) is 4.01. The van der Waals surface area contributed by atoms with Gasteiger partial charge in [-0.1, -0.05) is 12.1 Å². The summed E-state index contributed by atoms with van der Waals surface area (Å²) in [6.45, 7) is 4.82. The first-order valence-corrected chi connectivity index (χ1v) is 9.15. The molecule has 0 aliphatic carbocycles. The molecule has 3 rings (SSSR count). The van der Waals surface area contributed by atoms with Gasteiger partial charge in [-0.15, -0.1) is 0 Å². The molecule has 3 atom stereocenters. The van der Waals surface area contributed by atoms with E-state index in [2.05, 4.69) is 0 Å². The highest BCUT2D eigenvalue weighted by molar-refractivity contribution is 6.10. The van der Waals surface area contributed by atoms with E-state index in [1.165, 1.54) is 7.05 Å². The van der Waals surface area contributed by atoms with E-state index < -0.39 is 5.41 Å². The first-order valence-electron chi connectivity index (χ1n) is 9.15. The Balaban J connectivity index is 1.92. The minimum Gasteiger partial charge on any atom is -0.497 e. The summed E-state index contributed by atoms with van der Waals surface area (Å²) in [6.07, 6.45) is -0.153. The number of carbonyl (C=O) groups is 3. The number of carbonyl (C=O) groups excluding carboxylic acids is 3. The van der Waals surface area contributed by atoms with Crippen LogP contribution >= 0.6 is 0 Å². The van der Waals surface area contributed by atoms with Crippen LogP contribution < -0.4 is 4.74 Å². The summed E-state index contributed by atoms with van der Waals surface area (Å²) in [5.41, 5.74) is -0.506. The quantitative estimate of drug-likeness (QED) is 0.744. The van der Waals surface area contributed by atoms with Crippen LogP contribution in [-0.4, -0.2) is 67.0 Å². The third-order valence-electron chi connectivity index (χ3n) is 5.41. The molecule has 0 saturated carbocycles. The lowest BCUT2D eigenvalue weighted by molar-refractivity contribution is -0.147. The second-order valence-corrected chi connectivity index (χ2v) is 7.48. The van der Waals surface area contributed by atoms with E-state index in [9.17, 15) is 14.4 Å². The number of imide groups is 1. The van der Waals surface area contributed by atoms with Gasteiger partial charge in [0.05, 0.1) is 24.7 Å². The molecule has 0 N–H and O–H groups in total. The zero-order chi connectivity index (χ0) is 19.8. The average Bonchev–Trinajstić information content (AvgIpc) is 2.85. The molecular weight excluding hydrogens is 348 g/mol. The van der Waals surface area contributed by atoms with Crippen molar-refractivity contribution in [3.8, 4) is 5.75 Å². The van der Waals surface area contributed by atoms with Crippen molar-refractivity contribution in [3.05, 3.63) is 29.8 Å². The summed E-state index contributed by atoms with van der Waals surface area (Å²) in [5, 5.41) is 0. The van der Waals surface area contributed by atoms with E-state index >= 15 is 0 Å². The molecule has 0 radical (unpaired) electrons. The van der Waals surface area contributed by atoms with Gasteiger partial charge in [0.25, 0.3) is 0 Å². The minimum absolute atomic E-state index is 0.00412. The van der Waals surface area contributed by atoms with Gasteiger partial charge in [0, 0.05) is 33.0 Å². The minimum atomic E-state index is -1.17. The Labute approximate surface area is 159 Å². The van der Waals surface area contributed by atoms with Crippen molar-refractivity contribution in [3.63, 3.8) is 0 Å². The molecule has 2 aliphatic rings. The van der Waals surface area contributed by atoms with E-state index in [4.69, 9.17) is 9.47 Å². The van der Waals surface area contributed by atoms with Crippen LogP contribution in [-0.2, 0) is 24.5 Å². The molecule has 0 aromatic heterocycles. The fraction of sp³-hybridized carbons (Fsp3) is 0.550. The molecule has 1 aromatic carbocycles. The van der Waals surface area contributed by atoms with E-state index in [-0.39, 0.29) is 42.8 Å². The highest BCUT2D eigenvalue weighted by atomic mass is 16.5. The van der Waals surface area contributed by atoms with E-state index in [0.29, 0.717) is 24.4 Å². The van der Waals surface area contributed by atoms with Crippen molar-refractivity contribution in [2.75, 3.05) is 27.2 Å². The summed E-state index contributed by atoms with van der Waals surface area (Å²) in [4.78, 5) is 41.2. The predicted molar refractivity (Wildman–Crippen MR) is 98.3 cm³/mol. The van der Waals surface area contributed by atoms with E-state index in [1.807, 2.05) is 13.8 Å². The lowest BCUT2D eigenvalue weighted by atomic mass is 9.75. The molecule has 146 valence electrons. The maximum atomic E-state index is 13.1. The van der Waals surface area contributed by atoms with Crippen LogP contribution in [0.3, 0.4) is 0 Å². The Bertz CT molecular complexity index is 737. The number of hydrogen-bond donors (Lipinski definition) is 0. The van der Waals surface area contributed by atoms with Gasteiger partial charge < -0.3 is 14.4 Å². The van der Waals surface area contributed by atoms with Crippen LogP contribution in [0.5, 0.6) is 5.75 Å². The van der Waals surface area contributed by atoms with E-state index in [0.717, 1.165) is 4.90 Å². The second-order valence-electron chi connectivity index (χ2n) is 7.48. The van der Waals surface area contributed by atoms with Crippen LogP contribution in [0.25, 0.3) is 0 Å². The van der Waals surface area contributed by atoms with Gasteiger partial charge >= 0.3 is 0 Å². The van der Waals surface area contributed by atoms with Crippen LogP contribution in [0.1, 0.15) is 32.3 Å². The first-order chi connectivity index (χ1) is 12.8. The van der Waals surface area contributed by atoms with Gasteiger partial charge in [-0.25, -0.2) is 0 Å². The molecule has 0 unspecified atom stereocenters. The molecule has 7 heteroatoms. The number of morpholine rings is 1. The van der Waals surface area contributed by atoms with Crippen molar-refractivity contribution < 1.29 is 23.9 Å². The van der Waals surface area contributed by atoms with Crippen molar-refractivity contribution in [1.82, 2.24) is 9.80 Å². The average molecular weight is 374 g/mol.